The zero-order valence-corrected chi connectivity index (χ0v) is 12.1. The fourth-order valence-corrected chi connectivity index (χ4v) is 3.20. The van der Waals surface area contributed by atoms with E-state index in [1.54, 1.807) is 6.07 Å². The van der Waals surface area contributed by atoms with E-state index in [9.17, 15) is 9.18 Å². The molecule has 1 N–H and O–H groups in total. The average Bonchev–Trinajstić information content (AvgIpc) is 2.98. The van der Waals surface area contributed by atoms with E-state index in [0.717, 1.165) is 31.5 Å². The maximum atomic E-state index is 13.4. The minimum Gasteiger partial charge on any atom is -0.378 e. The Hall–Kier alpha value is -1.46. The normalized spacial score (nSPS) is 26.0. The summed E-state index contributed by atoms with van der Waals surface area (Å²) in [5, 5.41) is 3.30. The number of nitrogens with zero attached hydrogens (tertiary/aromatic N) is 1. The van der Waals surface area contributed by atoms with Crippen LogP contribution in [-0.2, 0) is 9.53 Å². The lowest BCUT2D eigenvalue weighted by Crippen LogP contribution is -2.45. The van der Waals surface area contributed by atoms with Crippen LogP contribution in [0.2, 0.25) is 0 Å². The van der Waals surface area contributed by atoms with Crippen molar-refractivity contribution in [3.05, 3.63) is 35.6 Å². The van der Waals surface area contributed by atoms with Crippen LogP contribution in [0.5, 0.6) is 0 Å². The first-order valence-electron chi connectivity index (χ1n) is 7.60. The first-order valence-corrected chi connectivity index (χ1v) is 7.60. The maximum absolute atomic E-state index is 13.4. The lowest BCUT2D eigenvalue weighted by molar-refractivity contribution is -0.133. The van der Waals surface area contributed by atoms with Crippen molar-refractivity contribution in [1.82, 2.24) is 10.2 Å². The van der Waals surface area contributed by atoms with Gasteiger partial charge in [0.2, 0.25) is 5.91 Å². The molecule has 2 heterocycles. The average molecular weight is 292 g/mol. The molecule has 2 aliphatic rings. The number of morpholine rings is 1. The Kier molecular flexibility index (Phi) is 4.51. The fourth-order valence-electron chi connectivity index (χ4n) is 3.20. The summed E-state index contributed by atoms with van der Waals surface area (Å²) >= 11 is 0. The van der Waals surface area contributed by atoms with Gasteiger partial charge in [-0.05, 0) is 30.5 Å². The van der Waals surface area contributed by atoms with Crippen molar-refractivity contribution in [3.8, 4) is 0 Å². The molecular weight excluding hydrogens is 271 g/mol. The number of benzene rings is 1. The fraction of sp³-hybridized carbons (Fsp3) is 0.562. The van der Waals surface area contributed by atoms with Crippen LogP contribution in [0, 0.1) is 5.82 Å². The number of ether oxygens (including phenoxy) is 1. The van der Waals surface area contributed by atoms with E-state index in [0.29, 0.717) is 19.6 Å². The van der Waals surface area contributed by atoms with Gasteiger partial charge in [0.05, 0.1) is 19.3 Å². The molecule has 0 saturated carbocycles. The quantitative estimate of drug-likeness (QED) is 0.924. The topological polar surface area (TPSA) is 41.6 Å². The summed E-state index contributed by atoms with van der Waals surface area (Å²) in [5.74, 6) is -0.112. The van der Waals surface area contributed by atoms with Crippen molar-refractivity contribution in [2.75, 3.05) is 26.3 Å². The van der Waals surface area contributed by atoms with Crippen LogP contribution in [0.3, 0.4) is 0 Å². The minimum absolute atomic E-state index is 0.0118. The van der Waals surface area contributed by atoms with Gasteiger partial charge in [0.15, 0.2) is 0 Å². The van der Waals surface area contributed by atoms with Crippen molar-refractivity contribution in [2.45, 2.75) is 31.3 Å². The highest BCUT2D eigenvalue weighted by Crippen LogP contribution is 2.32. The minimum atomic E-state index is -0.242. The van der Waals surface area contributed by atoms with Crippen molar-refractivity contribution in [1.29, 1.82) is 0 Å². The van der Waals surface area contributed by atoms with Gasteiger partial charge in [0.1, 0.15) is 5.82 Å². The van der Waals surface area contributed by atoms with Gasteiger partial charge in [-0.15, -0.1) is 0 Å². The van der Waals surface area contributed by atoms with Crippen LogP contribution in [0.4, 0.5) is 4.39 Å². The van der Waals surface area contributed by atoms with Crippen LogP contribution < -0.4 is 5.32 Å². The Labute approximate surface area is 124 Å². The van der Waals surface area contributed by atoms with E-state index in [-0.39, 0.29) is 23.8 Å². The van der Waals surface area contributed by atoms with Crippen LogP contribution in [0.1, 0.15) is 30.9 Å². The van der Waals surface area contributed by atoms with Gasteiger partial charge in [-0.25, -0.2) is 4.39 Å². The Morgan fingerprint density at radius 1 is 1.48 bits per heavy atom. The third-order valence-electron chi connectivity index (χ3n) is 4.23. The summed E-state index contributed by atoms with van der Waals surface area (Å²) in [6, 6.07) is 6.70. The van der Waals surface area contributed by atoms with E-state index >= 15 is 0 Å². The van der Waals surface area contributed by atoms with Crippen molar-refractivity contribution >= 4 is 5.91 Å². The molecule has 0 spiro atoms. The van der Waals surface area contributed by atoms with Crippen LogP contribution in [0.25, 0.3) is 0 Å². The molecule has 2 atom stereocenters. The molecule has 114 valence electrons. The van der Waals surface area contributed by atoms with Gasteiger partial charge in [0.25, 0.3) is 0 Å². The molecule has 1 amide bonds. The summed E-state index contributed by atoms with van der Waals surface area (Å²) in [6.07, 6.45) is 2.33. The van der Waals surface area contributed by atoms with E-state index in [1.165, 1.54) is 12.1 Å². The van der Waals surface area contributed by atoms with Gasteiger partial charge in [-0.2, -0.15) is 0 Å². The maximum Gasteiger partial charge on any atom is 0.224 e. The molecule has 2 fully saturated rings. The van der Waals surface area contributed by atoms with Gasteiger partial charge >= 0.3 is 0 Å². The number of hydrogen-bond donors (Lipinski definition) is 1. The molecule has 0 aromatic heterocycles. The standard InChI is InChI=1S/C16H21FN2O2/c17-13-4-1-3-12(9-13)15-5-2-7-19(15)16(20)10-14-11-21-8-6-18-14/h1,3-4,9,14-15,18H,2,5-8,10-11H2. The van der Waals surface area contributed by atoms with Crippen molar-refractivity contribution < 1.29 is 13.9 Å². The summed E-state index contributed by atoms with van der Waals surface area (Å²) in [5.41, 5.74) is 0.897. The predicted molar refractivity (Wildman–Crippen MR) is 77.3 cm³/mol. The molecule has 0 aliphatic carbocycles. The Bertz CT molecular complexity index is 503. The van der Waals surface area contributed by atoms with Crippen LogP contribution in [-0.4, -0.2) is 43.2 Å². The summed E-state index contributed by atoms with van der Waals surface area (Å²) in [6.45, 7) is 2.85. The molecule has 1 aromatic carbocycles. The Morgan fingerprint density at radius 3 is 3.14 bits per heavy atom. The number of halogens is 1. The van der Waals surface area contributed by atoms with E-state index in [2.05, 4.69) is 5.32 Å². The largest absolute Gasteiger partial charge is 0.378 e. The zero-order chi connectivity index (χ0) is 14.7. The molecule has 1 aromatic rings. The Morgan fingerprint density at radius 2 is 2.38 bits per heavy atom. The van der Waals surface area contributed by atoms with Gasteiger partial charge in [-0.3, -0.25) is 4.79 Å². The van der Waals surface area contributed by atoms with E-state index in [1.807, 2.05) is 11.0 Å². The zero-order valence-electron chi connectivity index (χ0n) is 12.1. The SMILES string of the molecule is O=C(CC1COCCN1)N1CCCC1c1cccc(F)c1. The van der Waals surface area contributed by atoms with E-state index in [4.69, 9.17) is 4.74 Å². The lowest BCUT2D eigenvalue weighted by atomic mass is 10.0. The second-order valence-corrected chi connectivity index (χ2v) is 5.73. The first-order chi connectivity index (χ1) is 10.2. The number of carbonyl (C=O) groups is 1. The number of carbonyl (C=O) groups excluding carboxylic acids is 1. The molecule has 21 heavy (non-hydrogen) atoms. The lowest BCUT2D eigenvalue weighted by Gasteiger charge is -2.29. The molecule has 0 bridgehead atoms. The molecule has 2 aliphatic heterocycles. The van der Waals surface area contributed by atoms with Crippen LogP contribution >= 0.6 is 0 Å². The van der Waals surface area contributed by atoms with Crippen molar-refractivity contribution in [3.63, 3.8) is 0 Å². The summed E-state index contributed by atoms with van der Waals surface area (Å²) in [4.78, 5) is 14.4. The number of amides is 1. The molecular formula is C16H21FN2O2. The second-order valence-electron chi connectivity index (χ2n) is 5.73. The highest BCUT2D eigenvalue weighted by molar-refractivity contribution is 5.77. The van der Waals surface area contributed by atoms with Crippen LogP contribution in [0.15, 0.2) is 24.3 Å². The van der Waals surface area contributed by atoms with Crippen molar-refractivity contribution in [2.24, 2.45) is 0 Å². The van der Waals surface area contributed by atoms with Gasteiger partial charge in [-0.1, -0.05) is 12.1 Å². The highest BCUT2D eigenvalue weighted by Gasteiger charge is 2.31. The number of rotatable bonds is 3. The number of hydrogen-bond acceptors (Lipinski definition) is 3. The highest BCUT2D eigenvalue weighted by atomic mass is 19.1. The van der Waals surface area contributed by atoms with Gasteiger partial charge in [0, 0.05) is 25.6 Å². The molecule has 0 radical (unpaired) electrons. The summed E-state index contributed by atoms with van der Waals surface area (Å²) in [7, 11) is 0. The monoisotopic (exact) mass is 292 g/mol. The number of likely N-dealkylation sites (tertiary alicyclic amines) is 1. The Balaban J connectivity index is 1.67. The molecule has 4 nitrogen and oxygen atoms in total. The molecule has 3 rings (SSSR count). The predicted octanol–water partition coefficient (Wildman–Crippen LogP) is 1.87. The molecule has 5 heteroatoms. The summed E-state index contributed by atoms with van der Waals surface area (Å²) < 4.78 is 18.8. The second kappa shape index (κ2) is 6.54. The number of nitrogens with one attached hydrogen (secondary N) is 1. The van der Waals surface area contributed by atoms with E-state index < -0.39 is 0 Å². The third-order valence-corrected chi connectivity index (χ3v) is 4.23. The van der Waals surface area contributed by atoms with Gasteiger partial charge < -0.3 is 15.0 Å². The first kappa shape index (κ1) is 14.5. The third kappa shape index (κ3) is 3.41. The molecule has 2 saturated heterocycles. The smallest absolute Gasteiger partial charge is 0.224 e. The molecule has 2 unspecified atom stereocenters.